The van der Waals surface area contributed by atoms with Crippen molar-refractivity contribution in [3.8, 4) is 0 Å². The van der Waals surface area contributed by atoms with Gasteiger partial charge >= 0.3 is 6.09 Å². The molecule has 2 aromatic carbocycles. The lowest BCUT2D eigenvalue weighted by Gasteiger charge is -2.35. The highest BCUT2D eigenvalue weighted by Gasteiger charge is 2.25. The first-order valence-electron chi connectivity index (χ1n) is 9.96. The van der Waals surface area contributed by atoms with E-state index >= 15 is 0 Å². The number of nitrogens with one attached hydrogen (secondary N) is 1. The number of benzene rings is 2. The Morgan fingerprint density at radius 2 is 1.33 bits per heavy atom. The summed E-state index contributed by atoms with van der Waals surface area (Å²) >= 11 is 0. The first-order chi connectivity index (χ1) is 14.2. The number of carbonyl (C=O) groups excluding carboxylic acids is 3. The largest absolute Gasteiger partial charge is 0.444 e. The lowest BCUT2D eigenvalue weighted by molar-refractivity contribution is 0.0535. The monoisotopic (exact) mass is 409 g/mol. The summed E-state index contributed by atoms with van der Waals surface area (Å²) in [7, 11) is 0. The van der Waals surface area contributed by atoms with Crippen LogP contribution in [-0.4, -0.2) is 59.5 Å². The van der Waals surface area contributed by atoms with Gasteiger partial charge in [0.15, 0.2) is 0 Å². The molecule has 1 aliphatic heterocycles. The van der Waals surface area contributed by atoms with Crippen molar-refractivity contribution < 1.29 is 19.1 Å². The van der Waals surface area contributed by atoms with Crippen LogP contribution < -0.4 is 5.32 Å². The van der Waals surface area contributed by atoms with Crippen LogP contribution in [0.1, 0.15) is 41.5 Å². The van der Waals surface area contributed by atoms with Crippen molar-refractivity contribution in [1.29, 1.82) is 0 Å². The van der Waals surface area contributed by atoms with Gasteiger partial charge in [-0.3, -0.25) is 14.9 Å². The number of anilines is 1. The van der Waals surface area contributed by atoms with Crippen LogP contribution in [0.15, 0.2) is 54.6 Å². The normalized spacial score (nSPS) is 14.2. The third kappa shape index (κ3) is 5.59. The molecule has 7 nitrogen and oxygen atoms in total. The molecule has 1 N–H and O–H groups in total. The second kappa shape index (κ2) is 8.98. The first kappa shape index (κ1) is 21.4. The maximum absolute atomic E-state index is 12.9. The van der Waals surface area contributed by atoms with Gasteiger partial charge in [-0.25, -0.2) is 4.79 Å². The van der Waals surface area contributed by atoms with Crippen molar-refractivity contribution in [3.63, 3.8) is 0 Å². The van der Waals surface area contributed by atoms with Crippen molar-refractivity contribution in [1.82, 2.24) is 9.80 Å². The van der Waals surface area contributed by atoms with Crippen LogP contribution in [0.3, 0.4) is 0 Å². The molecule has 0 aromatic heterocycles. The van der Waals surface area contributed by atoms with Crippen molar-refractivity contribution in [2.45, 2.75) is 26.4 Å². The summed E-state index contributed by atoms with van der Waals surface area (Å²) in [5.74, 6) is -0.152. The van der Waals surface area contributed by atoms with Crippen LogP contribution in [0.4, 0.5) is 10.5 Å². The fourth-order valence-corrected chi connectivity index (χ4v) is 3.21. The topological polar surface area (TPSA) is 79.0 Å². The van der Waals surface area contributed by atoms with E-state index in [1.54, 1.807) is 67.0 Å². The molecule has 3 rings (SSSR count). The molecule has 0 bridgehead atoms. The lowest BCUT2D eigenvalue weighted by Crippen LogP contribution is -2.50. The van der Waals surface area contributed by atoms with Gasteiger partial charge in [0.1, 0.15) is 5.60 Å². The third-order valence-corrected chi connectivity index (χ3v) is 4.63. The van der Waals surface area contributed by atoms with E-state index in [-0.39, 0.29) is 11.8 Å². The van der Waals surface area contributed by atoms with Gasteiger partial charge in [-0.15, -0.1) is 0 Å². The van der Waals surface area contributed by atoms with Crippen molar-refractivity contribution >= 4 is 23.6 Å². The van der Waals surface area contributed by atoms with Gasteiger partial charge in [0.2, 0.25) is 0 Å². The first-order valence-corrected chi connectivity index (χ1v) is 9.96. The summed E-state index contributed by atoms with van der Waals surface area (Å²) in [6.07, 6.45) is -0.569. The number of ether oxygens (including phenoxy) is 1. The zero-order valence-electron chi connectivity index (χ0n) is 17.6. The van der Waals surface area contributed by atoms with E-state index < -0.39 is 11.7 Å². The molecule has 0 atom stereocenters. The maximum Gasteiger partial charge on any atom is 0.412 e. The molecule has 0 aliphatic carbocycles. The number of nitrogens with zero attached hydrogens (tertiary/aromatic N) is 2. The Kier molecular flexibility index (Phi) is 6.40. The van der Waals surface area contributed by atoms with Gasteiger partial charge in [-0.05, 0) is 51.1 Å². The fraction of sp³-hybridized carbons (Fsp3) is 0.348. The minimum Gasteiger partial charge on any atom is -0.444 e. The van der Waals surface area contributed by atoms with Crippen LogP contribution in [0.2, 0.25) is 0 Å². The van der Waals surface area contributed by atoms with E-state index in [0.29, 0.717) is 43.0 Å². The van der Waals surface area contributed by atoms with E-state index in [1.165, 1.54) is 0 Å². The number of rotatable bonds is 3. The summed E-state index contributed by atoms with van der Waals surface area (Å²) in [6, 6.07) is 15.9. The van der Waals surface area contributed by atoms with Gasteiger partial charge in [-0.1, -0.05) is 24.3 Å². The molecular weight excluding hydrogens is 382 g/mol. The predicted molar refractivity (Wildman–Crippen MR) is 115 cm³/mol. The van der Waals surface area contributed by atoms with Crippen molar-refractivity contribution in [2.24, 2.45) is 0 Å². The molecule has 1 fully saturated rings. The average molecular weight is 409 g/mol. The minimum atomic E-state index is -0.603. The van der Waals surface area contributed by atoms with Crippen molar-refractivity contribution in [3.05, 3.63) is 65.7 Å². The molecule has 0 saturated carbocycles. The second-order valence-electron chi connectivity index (χ2n) is 8.16. The summed E-state index contributed by atoms with van der Waals surface area (Å²) < 4.78 is 5.25. The highest BCUT2D eigenvalue weighted by molar-refractivity contribution is 5.97. The highest BCUT2D eigenvalue weighted by Crippen LogP contribution is 2.17. The van der Waals surface area contributed by atoms with Gasteiger partial charge in [-0.2, -0.15) is 0 Å². The summed E-state index contributed by atoms with van der Waals surface area (Å²) in [5, 5.41) is 2.65. The molecular formula is C23H27N3O4. The number of carbonyl (C=O) groups is 3. The van der Waals surface area contributed by atoms with Crippen LogP contribution >= 0.6 is 0 Å². The Bertz CT molecular complexity index is 914. The molecule has 2 aromatic rings. The third-order valence-electron chi connectivity index (χ3n) is 4.63. The molecule has 158 valence electrons. The Hall–Kier alpha value is -3.35. The lowest BCUT2D eigenvalue weighted by atomic mass is 10.1. The molecule has 1 saturated heterocycles. The van der Waals surface area contributed by atoms with E-state index in [2.05, 4.69) is 5.32 Å². The average Bonchev–Trinajstić information content (AvgIpc) is 2.72. The summed E-state index contributed by atoms with van der Waals surface area (Å²) in [5.41, 5.74) is 1.02. The Morgan fingerprint density at radius 1 is 0.800 bits per heavy atom. The van der Waals surface area contributed by atoms with Crippen LogP contribution in [-0.2, 0) is 4.74 Å². The maximum atomic E-state index is 12.9. The predicted octanol–water partition coefficient (Wildman–Crippen LogP) is 3.63. The Morgan fingerprint density at radius 3 is 1.90 bits per heavy atom. The number of hydrogen-bond donors (Lipinski definition) is 1. The standard InChI is InChI=1S/C23H27N3O4/c1-23(2,3)30-22(29)24-19-11-7-10-18(16-19)21(28)26-14-12-25(13-15-26)20(27)17-8-5-4-6-9-17/h4-11,16H,12-15H2,1-3H3,(H,24,29). The molecule has 1 heterocycles. The molecule has 3 amide bonds. The highest BCUT2D eigenvalue weighted by atomic mass is 16.6. The molecule has 30 heavy (non-hydrogen) atoms. The van der Waals surface area contributed by atoms with Gasteiger partial charge in [0.05, 0.1) is 0 Å². The number of amides is 3. The number of hydrogen-bond acceptors (Lipinski definition) is 4. The second-order valence-corrected chi connectivity index (χ2v) is 8.16. The van der Waals surface area contributed by atoms with Crippen molar-refractivity contribution in [2.75, 3.05) is 31.5 Å². The smallest absolute Gasteiger partial charge is 0.412 e. The Labute approximate surface area is 176 Å². The van der Waals surface area contributed by atoms with Crippen LogP contribution in [0, 0.1) is 0 Å². The summed E-state index contributed by atoms with van der Waals surface area (Å²) in [4.78, 5) is 40.9. The van der Waals surface area contributed by atoms with Gasteiger partial charge in [0.25, 0.3) is 11.8 Å². The zero-order chi connectivity index (χ0) is 21.7. The Balaban J connectivity index is 1.59. The van der Waals surface area contributed by atoms with E-state index in [9.17, 15) is 14.4 Å². The zero-order valence-corrected chi connectivity index (χ0v) is 17.6. The van der Waals surface area contributed by atoms with Gasteiger partial charge in [0, 0.05) is 43.0 Å². The number of piperazine rings is 1. The molecule has 0 unspecified atom stereocenters. The summed E-state index contributed by atoms with van der Waals surface area (Å²) in [6.45, 7) is 7.24. The van der Waals surface area contributed by atoms with E-state index in [1.807, 2.05) is 18.2 Å². The van der Waals surface area contributed by atoms with E-state index in [4.69, 9.17) is 4.74 Å². The van der Waals surface area contributed by atoms with Crippen LogP contribution in [0.25, 0.3) is 0 Å². The SMILES string of the molecule is CC(C)(C)OC(=O)Nc1cccc(C(=O)N2CCN(C(=O)c3ccccc3)CC2)c1. The van der Waals surface area contributed by atoms with E-state index in [0.717, 1.165) is 0 Å². The fourth-order valence-electron chi connectivity index (χ4n) is 3.21. The van der Waals surface area contributed by atoms with Gasteiger partial charge < -0.3 is 14.5 Å². The quantitative estimate of drug-likeness (QED) is 0.840. The molecule has 1 aliphatic rings. The van der Waals surface area contributed by atoms with Crippen LogP contribution in [0.5, 0.6) is 0 Å². The minimum absolute atomic E-state index is 0.0220. The molecule has 0 radical (unpaired) electrons. The molecule has 0 spiro atoms. The molecule has 7 heteroatoms.